The fourth-order valence-corrected chi connectivity index (χ4v) is 0.334. The molecule has 0 unspecified atom stereocenters. The molecule has 4 heteroatoms. The Morgan fingerprint density at radius 1 is 1.44 bits per heavy atom. The predicted octanol–water partition coefficient (Wildman–Crippen LogP) is -0.473. The molecular formula is C5H8DyO3. The molecule has 0 aromatic heterocycles. The Morgan fingerprint density at radius 2 is 1.89 bits per heavy atom. The Morgan fingerprint density at radius 3 is 2.00 bits per heavy atom. The number of hydrogen-bond donors (Lipinski definition) is 1. The number of hydrogen-bond acceptors (Lipinski definition) is 3. The van der Waals surface area contributed by atoms with Crippen molar-refractivity contribution in [1.29, 1.82) is 0 Å². The summed E-state index contributed by atoms with van der Waals surface area (Å²) in [5, 5.41) is 8.08. The molecule has 0 aromatic carbocycles. The van der Waals surface area contributed by atoms with Gasteiger partial charge in [-0.05, 0) is 6.92 Å². The molecule has 0 aromatic rings. The first-order valence-electron chi connectivity index (χ1n) is 2.29. The minimum Gasteiger partial charge on any atom is -0.389 e. The average Bonchev–Trinajstić information content (AvgIpc) is 1.65. The molecule has 0 saturated heterocycles. The summed E-state index contributed by atoms with van der Waals surface area (Å²) in [5.41, 5.74) is 0. The average molecular weight is 279 g/mol. The van der Waals surface area contributed by atoms with Gasteiger partial charge in [-0.1, -0.05) is 0 Å². The van der Waals surface area contributed by atoms with E-state index in [1.54, 1.807) is 0 Å². The van der Waals surface area contributed by atoms with Crippen molar-refractivity contribution in [2.75, 3.05) is 6.61 Å². The Labute approximate surface area is 83.8 Å². The molecule has 0 aliphatic heterocycles. The van der Waals surface area contributed by atoms with Gasteiger partial charge in [0.2, 0.25) is 0 Å². The summed E-state index contributed by atoms with van der Waals surface area (Å²) in [5.74, 6) is -0.624. The van der Waals surface area contributed by atoms with Gasteiger partial charge in [0.15, 0.2) is 5.78 Å². The number of carbonyl (C=O) groups excluding carboxylic acids is 2. The van der Waals surface area contributed by atoms with E-state index in [0.29, 0.717) is 0 Å². The molecule has 0 amide bonds. The first-order valence-corrected chi connectivity index (χ1v) is 2.29. The molecule has 0 spiro atoms. The third-order valence-corrected chi connectivity index (χ3v) is 0.622. The van der Waals surface area contributed by atoms with E-state index in [0.717, 1.165) is 0 Å². The standard InChI is InChI=1S/C5H8O3.Dy/c1-4(7)2-5(8)3-6;/h6H,2-3H2,1H3;. The van der Waals surface area contributed by atoms with Crippen LogP contribution in [0.1, 0.15) is 13.3 Å². The van der Waals surface area contributed by atoms with E-state index in [1.807, 2.05) is 0 Å². The molecule has 0 saturated carbocycles. The van der Waals surface area contributed by atoms with Gasteiger partial charge in [0.25, 0.3) is 0 Å². The molecule has 56 valence electrons. The zero-order valence-electron chi connectivity index (χ0n) is 4.99. The summed E-state index contributed by atoms with van der Waals surface area (Å²) in [4.78, 5) is 20.2. The van der Waals surface area contributed by atoms with Crippen molar-refractivity contribution in [3.8, 4) is 0 Å². The van der Waals surface area contributed by atoms with Gasteiger partial charge in [-0.15, -0.1) is 0 Å². The number of ketones is 2. The van der Waals surface area contributed by atoms with Crippen molar-refractivity contribution in [2.45, 2.75) is 13.3 Å². The van der Waals surface area contributed by atoms with Gasteiger partial charge in [0.05, 0.1) is 6.42 Å². The van der Waals surface area contributed by atoms with Crippen LogP contribution >= 0.6 is 0 Å². The van der Waals surface area contributed by atoms with Crippen molar-refractivity contribution in [3.05, 3.63) is 0 Å². The second kappa shape index (κ2) is 6.69. The SMILES string of the molecule is CC(=O)CC(=O)CO.[Dy]. The number of rotatable bonds is 3. The van der Waals surface area contributed by atoms with E-state index in [-0.39, 0.29) is 50.4 Å². The fraction of sp³-hybridized carbons (Fsp3) is 0.600. The van der Waals surface area contributed by atoms with Gasteiger partial charge in [-0.25, -0.2) is 0 Å². The minimum atomic E-state index is -0.528. The minimum absolute atomic E-state index is 0. The van der Waals surface area contributed by atoms with Crippen LogP contribution in [0, 0.1) is 38.2 Å². The topological polar surface area (TPSA) is 54.4 Å². The maximum Gasteiger partial charge on any atom is 0.165 e. The molecule has 9 heavy (non-hydrogen) atoms. The summed E-state index contributed by atoms with van der Waals surface area (Å²) in [6.45, 7) is 0.785. The molecule has 0 heterocycles. The summed E-state index contributed by atoms with van der Waals surface area (Å²) in [7, 11) is 0. The smallest absolute Gasteiger partial charge is 0.165 e. The first kappa shape index (κ1) is 12.3. The molecule has 3 nitrogen and oxygen atoms in total. The summed E-state index contributed by atoms with van der Waals surface area (Å²) in [6.07, 6.45) is -0.142. The maximum atomic E-state index is 10.2. The Balaban J connectivity index is 0. The maximum absolute atomic E-state index is 10.2. The first-order chi connectivity index (χ1) is 3.66. The van der Waals surface area contributed by atoms with Crippen LogP contribution in [-0.2, 0) is 9.59 Å². The van der Waals surface area contributed by atoms with Crippen LogP contribution < -0.4 is 0 Å². The van der Waals surface area contributed by atoms with Gasteiger partial charge in [0, 0.05) is 38.2 Å². The largest absolute Gasteiger partial charge is 0.389 e. The van der Waals surface area contributed by atoms with E-state index in [4.69, 9.17) is 5.11 Å². The van der Waals surface area contributed by atoms with Crippen molar-refractivity contribution in [3.63, 3.8) is 0 Å². The number of Topliss-reactive ketones (excluding diaryl/α,β-unsaturated/α-hetero) is 2. The molecule has 0 rings (SSSR count). The van der Waals surface area contributed by atoms with E-state index in [1.165, 1.54) is 6.92 Å². The van der Waals surface area contributed by atoms with Crippen LogP contribution in [0.4, 0.5) is 0 Å². The summed E-state index contributed by atoms with van der Waals surface area (Å²) >= 11 is 0. The van der Waals surface area contributed by atoms with Gasteiger partial charge in [-0.2, -0.15) is 0 Å². The van der Waals surface area contributed by atoms with Gasteiger partial charge >= 0.3 is 0 Å². The summed E-state index contributed by atoms with van der Waals surface area (Å²) in [6, 6.07) is 0. The monoisotopic (exact) mass is 280 g/mol. The number of aliphatic hydroxyl groups is 1. The van der Waals surface area contributed by atoms with Gasteiger partial charge in [0.1, 0.15) is 12.4 Å². The molecule has 0 atom stereocenters. The zero-order chi connectivity index (χ0) is 6.57. The van der Waals surface area contributed by atoms with E-state index < -0.39 is 12.4 Å². The molecule has 0 radical (unpaired) electrons. The van der Waals surface area contributed by atoms with Crippen molar-refractivity contribution < 1.29 is 52.9 Å². The third-order valence-electron chi connectivity index (χ3n) is 0.622. The van der Waals surface area contributed by atoms with Crippen molar-refractivity contribution in [2.24, 2.45) is 0 Å². The molecule has 1 N–H and O–H groups in total. The number of carbonyl (C=O) groups is 2. The predicted molar refractivity (Wildman–Crippen MR) is 27.4 cm³/mol. The fourth-order valence-electron chi connectivity index (χ4n) is 0.334. The summed E-state index contributed by atoms with van der Waals surface area (Å²) < 4.78 is 0. The van der Waals surface area contributed by atoms with Crippen LogP contribution in [0.25, 0.3) is 0 Å². The van der Waals surface area contributed by atoms with E-state index >= 15 is 0 Å². The molecular weight excluding hydrogens is 271 g/mol. The Bertz CT molecular complexity index is 111. The molecule has 0 bridgehead atoms. The molecule has 0 aliphatic carbocycles. The second-order valence-corrected chi connectivity index (χ2v) is 1.58. The molecule has 0 fully saturated rings. The third kappa shape index (κ3) is 8.57. The van der Waals surface area contributed by atoms with Crippen molar-refractivity contribution >= 4 is 11.6 Å². The van der Waals surface area contributed by atoms with E-state index in [2.05, 4.69) is 0 Å². The molecule has 0 aliphatic rings. The Hall–Kier alpha value is 0.573. The van der Waals surface area contributed by atoms with Crippen LogP contribution in [0.5, 0.6) is 0 Å². The zero-order valence-corrected chi connectivity index (χ0v) is 7.02. The van der Waals surface area contributed by atoms with Crippen LogP contribution in [0.2, 0.25) is 0 Å². The second-order valence-electron chi connectivity index (χ2n) is 1.58. The Kier molecular flexibility index (Phi) is 9.12. The van der Waals surface area contributed by atoms with Gasteiger partial charge < -0.3 is 5.11 Å². The van der Waals surface area contributed by atoms with Crippen LogP contribution in [0.15, 0.2) is 0 Å². The van der Waals surface area contributed by atoms with Crippen molar-refractivity contribution in [1.82, 2.24) is 0 Å². The number of aliphatic hydroxyl groups excluding tert-OH is 1. The quantitative estimate of drug-likeness (QED) is 0.710. The van der Waals surface area contributed by atoms with Crippen LogP contribution in [-0.4, -0.2) is 23.3 Å². The van der Waals surface area contributed by atoms with Crippen LogP contribution in [0.3, 0.4) is 0 Å². The van der Waals surface area contributed by atoms with Gasteiger partial charge in [-0.3, -0.25) is 9.59 Å². The normalized spacial score (nSPS) is 7.78. The van der Waals surface area contributed by atoms with E-state index in [9.17, 15) is 9.59 Å².